The van der Waals surface area contributed by atoms with Gasteiger partial charge in [0.2, 0.25) is 5.91 Å². The minimum Gasteiger partial charge on any atom is -0.340 e. The molecule has 2 aromatic rings. The highest BCUT2D eigenvalue weighted by molar-refractivity contribution is 5.76. The van der Waals surface area contributed by atoms with Crippen molar-refractivity contribution in [1.29, 1.82) is 0 Å². The summed E-state index contributed by atoms with van der Waals surface area (Å²) >= 11 is 0. The van der Waals surface area contributed by atoms with E-state index in [0.29, 0.717) is 18.2 Å². The van der Waals surface area contributed by atoms with E-state index in [1.165, 1.54) is 24.0 Å². The van der Waals surface area contributed by atoms with Crippen LogP contribution in [0.4, 0.5) is 0 Å². The van der Waals surface area contributed by atoms with Crippen molar-refractivity contribution in [2.45, 2.75) is 59.2 Å². The number of piperazine rings is 1. The number of piperidine rings is 1. The lowest BCUT2D eigenvalue weighted by Gasteiger charge is -2.36. The Balaban J connectivity index is 1.18. The fraction of sp³-hybridized carbons (Fsp3) is 0.615. The monoisotopic (exact) mass is 437 g/mol. The molecular formula is C26H39N5O. The molecule has 2 aliphatic rings. The summed E-state index contributed by atoms with van der Waals surface area (Å²) in [7, 11) is 0. The summed E-state index contributed by atoms with van der Waals surface area (Å²) in [6, 6.07) is 10.6. The van der Waals surface area contributed by atoms with Gasteiger partial charge in [0.05, 0.1) is 5.69 Å². The molecule has 1 aromatic heterocycles. The van der Waals surface area contributed by atoms with Crippen LogP contribution < -0.4 is 0 Å². The van der Waals surface area contributed by atoms with Gasteiger partial charge in [-0.2, -0.15) is 5.10 Å². The van der Waals surface area contributed by atoms with Crippen molar-refractivity contribution < 1.29 is 4.79 Å². The second-order valence-corrected chi connectivity index (χ2v) is 9.52. The summed E-state index contributed by atoms with van der Waals surface area (Å²) in [5.41, 5.74) is 3.85. The molecular weight excluding hydrogens is 398 g/mol. The SMILES string of the molecule is CCn1cc(CN2CCCC(CCC(=O)N3CCN(Cc4ccccc4)CC3)C2)c(C)n1. The van der Waals surface area contributed by atoms with E-state index in [2.05, 4.69) is 70.2 Å². The highest BCUT2D eigenvalue weighted by Gasteiger charge is 2.25. The van der Waals surface area contributed by atoms with Crippen molar-refractivity contribution in [3.8, 4) is 0 Å². The molecule has 3 heterocycles. The van der Waals surface area contributed by atoms with Crippen LogP contribution in [-0.2, 0) is 24.4 Å². The summed E-state index contributed by atoms with van der Waals surface area (Å²) in [5.74, 6) is 0.982. The zero-order chi connectivity index (χ0) is 22.3. The van der Waals surface area contributed by atoms with E-state index in [0.717, 1.165) is 71.0 Å². The molecule has 2 aliphatic heterocycles. The molecule has 0 spiro atoms. The van der Waals surface area contributed by atoms with E-state index in [-0.39, 0.29) is 0 Å². The lowest BCUT2D eigenvalue weighted by molar-refractivity contribution is -0.133. The lowest BCUT2D eigenvalue weighted by atomic mass is 9.93. The number of likely N-dealkylation sites (tertiary alicyclic amines) is 1. The molecule has 4 rings (SSSR count). The predicted octanol–water partition coefficient (Wildman–Crippen LogP) is 3.55. The summed E-state index contributed by atoms with van der Waals surface area (Å²) in [5, 5.41) is 4.59. The van der Waals surface area contributed by atoms with Crippen LogP contribution in [0.25, 0.3) is 0 Å². The topological polar surface area (TPSA) is 44.6 Å². The Bertz CT molecular complexity index is 856. The minimum atomic E-state index is 0.349. The Morgan fingerprint density at radius 3 is 2.53 bits per heavy atom. The first-order chi connectivity index (χ1) is 15.6. The second-order valence-electron chi connectivity index (χ2n) is 9.52. The first-order valence-electron chi connectivity index (χ1n) is 12.4. The molecule has 0 radical (unpaired) electrons. The Labute approximate surface area is 193 Å². The third-order valence-electron chi connectivity index (χ3n) is 7.11. The van der Waals surface area contributed by atoms with Crippen molar-refractivity contribution in [2.24, 2.45) is 5.92 Å². The molecule has 1 aromatic carbocycles. The first-order valence-corrected chi connectivity index (χ1v) is 12.4. The van der Waals surface area contributed by atoms with Crippen LogP contribution in [0.1, 0.15) is 49.4 Å². The van der Waals surface area contributed by atoms with Crippen LogP contribution in [0.5, 0.6) is 0 Å². The zero-order valence-corrected chi connectivity index (χ0v) is 19.9. The molecule has 1 atom stereocenters. The van der Waals surface area contributed by atoms with E-state index < -0.39 is 0 Å². The molecule has 1 unspecified atom stereocenters. The van der Waals surface area contributed by atoms with Crippen LogP contribution in [0.3, 0.4) is 0 Å². The molecule has 6 nitrogen and oxygen atoms in total. The second kappa shape index (κ2) is 11.1. The van der Waals surface area contributed by atoms with Crippen LogP contribution in [0.2, 0.25) is 0 Å². The van der Waals surface area contributed by atoms with Gasteiger partial charge in [0.25, 0.3) is 0 Å². The van der Waals surface area contributed by atoms with E-state index in [1.807, 2.05) is 4.68 Å². The number of carbonyl (C=O) groups excluding carboxylic acids is 1. The maximum absolute atomic E-state index is 12.8. The lowest BCUT2D eigenvalue weighted by Crippen LogP contribution is -2.48. The van der Waals surface area contributed by atoms with Crippen molar-refractivity contribution in [3.05, 3.63) is 53.3 Å². The summed E-state index contributed by atoms with van der Waals surface area (Å²) in [6.07, 6.45) is 6.40. The number of aryl methyl sites for hydroxylation is 2. The van der Waals surface area contributed by atoms with Crippen LogP contribution in [-0.4, -0.2) is 69.7 Å². The molecule has 0 aliphatic carbocycles. The van der Waals surface area contributed by atoms with Crippen LogP contribution in [0, 0.1) is 12.8 Å². The summed E-state index contributed by atoms with van der Waals surface area (Å²) < 4.78 is 2.03. The van der Waals surface area contributed by atoms with Gasteiger partial charge in [-0.1, -0.05) is 30.3 Å². The molecule has 2 fully saturated rings. The number of hydrogen-bond donors (Lipinski definition) is 0. The first kappa shape index (κ1) is 23.0. The average molecular weight is 438 g/mol. The minimum absolute atomic E-state index is 0.349. The van der Waals surface area contributed by atoms with Crippen molar-refractivity contribution >= 4 is 5.91 Å². The van der Waals surface area contributed by atoms with Gasteiger partial charge in [-0.3, -0.25) is 19.3 Å². The Morgan fingerprint density at radius 1 is 1.03 bits per heavy atom. The number of aromatic nitrogens is 2. The third kappa shape index (κ3) is 6.20. The summed E-state index contributed by atoms with van der Waals surface area (Å²) in [4.78, 5) is 19.9. The molecule has 2 saturated heterocycles. The van der Waals surface area contributed by atoms with E-state index in [1.54, 1.807) is 0 Å². The van der Waals surface area contributed by atoms with E-state index >= 15 is 0 Å². The van der Waals surface area contributed by atoms with Crippen molar-refractivity contribution in [3.63, 3.8) is 0 Å². The van der Waals surface area contributed by atoms with Gasteiger partial charge >= 0.3 is 0 Å². The van der Waals surface area contributed by atoms with Gasteiger partial charge in [-0.05, 0) is 51.1 Å². The maximum atomic E-state index is 12.8. The molecule has 0 saturated carbocycles. The molecule has 174 valence electrons. The van der Waals surface area contributed by atoms with Crippen molar-refractivity contribution in [1.82, 2.24) is 24.5 Å². The fourth-order valence-corrected chi connectivity index (χ4v) is 5.13. The predicted molar refractivity (Wildman–Crippen MR) is 128 cm³/mol. The smallest absolute Gasteiger partial charge is 0.222 e. The maximum Gasteiger partial charge on any atom is 0.222 e. The number of hydrogen-bond acceptors (Lipinski definition) is 4. The number of carbonyl (C=O) groups is 1. The highest BCUT2D eigenvalue weighted by Crippen LogP contribution is 2.24. The highest BCUT2D eigenvalue weighted by atomic mass is 16.2. The Kier molecular flexibility index (Phi) is 7.98. The van der Waals surface area contributed by atoms with E-state index in [4.69, 9.17) is 0 Å². The number of amides is 1. The standard InChI is InChI=1S/C26H39N5O/c1-3-31-21-25(22(2)27-31)20-29-13-7-10-24(19-29)11-12-26(32)30-16-14-28(15-17-30)18-23-8-5-4-6-9-23/h4-6,8-9,21,24H,3,7,10-20H2,1-2H3. The number of nitrogens with zero attached hydrogens (tertiary/aromatic N) is 5. The van der Waals surface area contributed by atoms with Gasteiger partial charge in [-0.15, -0.1) is 0 Å². The quantitative estimate of drug-likeness (QED) is 0.634. The normalized spacial score (nSPS) is 20.6. The molecule has 0 N–H and O–H groups in total. The average Bonchev–Trinajstić information content (AvgIpc) is 3.18. The van der Waals surface area contributed by atoms with Gasteiger partial charge < -0.3 is 4.90 Å². The van der Waals surface area contributed by atoms with Gasteiger partial charge in [0.15, 0.2) is 0 Å². The van der Waals surface area contributed by atoms with Crippen LogP contribution in [0.15, 0.2) is 36.5 Å². The zero-order valence-electron chi connectivity index (χ0n) is 19.9. The third-order valence-corrected chi connectivity index (χ3v) is 7.11. The molecule has 32 heavy (non-hydrogen) atoms. The molecule has 0 bridgehead atoms. The summed E-state index contributed by atoms with van der Waals surface area (Å²) in [6.45, 7) is 13.1. The van der Waals surface area contributed by atoms with Gasteiger partial charge in [-0.25, -0.2) is 0 Å². The number of benzene rings is 1. The fourth-order valence-electron chi connectivity index (χ4n) is 5.13. The Hall–Kier alpha value is -2.18. The number of rotatable bonds is 8. The van der Waals surface area contributed by atoms with Gasteiger partial charge in [0, 0.05) is 70.5 Å². The molecule has 6 heteroatoms. The molecule has 1 amide bonds. The van der Waals surface area contributed by atoms with Crippen molar-refractivity contribution in [2.75, 3.05) is 39.3 Å². The largest absolute Gasteiger partial charge is 0.340 e. The van der Waals surface area contributed by atoms with E-state index in [9.17, 15) is 4.79 Å². The van der Waals surface area contributed by atoms with Crippen LogP contribution >= 0.6 is 0 Å². The Morgan fingerprint density at radius 2 is 1.81 bits per heavy atom. The van der Waals surface area contributed by atoms with Gasteiger partial charge in [0.1, 0.15) is 0 Å².